The summed E-state index contributed by atoms with van der Waals surface area (Å²) in [5.74, 6) is -4.64. The number of rotatable bonds is 16. The molecule has 3 aliphatic heterocycles. The molecule has 3 atom stereocenters. The average molecular weight is 883 g/mol. The van der Waals surface area contributed by atoms with Gasteiger partial charge in [0.15, 0.2) is 35.5 Å². The first kappa shape index (κ1) is 42.4. The van der Waals surface area contributed by atoms with Crippen LogP contribution in [0.2, 0.25) is 10.0 Å². The number of benzene rings is 3. The number of hydrogen-bond acceptors (Lipinski definition) is 10. The van der Waals surface area contributed by atoms with E-state index in [2.05, 4.69) is 14.4 Å². The van der Waals surface area contributed by atoms with Gasteiger partial charge in [0.1, 0.15) is 28.3 Å². The summed E-state index contributed by atoms with van der Waals surface area (Å²) < 4.78 is 108. The van der Waals surface area contributed by atoms with Gasteiger partial charge in [-0.2, -0.15) is 18.2 Å². The molecule has 0 spiro atoms. The summed E-state index contributed by atoms with van der Waals surface area (Å²) in [4.78, 5) is 29.2. The van der Waals surface area contributed by atoms with Crippen molar-refractivity contribution < 1.29 is 59.2 Å². The van der Waals surface area contributed by atoms with E-state index in [0.717, 1.165) is 75.4 Å². The quantitative estimate of drug-likeness (QED) is 0.0536. The molecule has 314 valence electrons. The summed E-state index contributed by atoms with van der Waals surface area (Å²) in [6, 6.07) is 9.29. The van der Waals surface area contributed by atoms with Crippen LogP contribution in [0.3, 0.4) is 0 Å². The van der Waals surface area contributed by atoms with Crippen LogP contribution in [0.15, 0.2) is 78.0 Å². The van der Waals surface area contributed by atoms with Gasteiger partial charge in [0.25, 0.3) is 0 Å². The van der Waals surface area contributed by atoms with Crippen molar-refractivity contribution in [3.8, 4) is 11.5 Å². The molecule has 3 aromatic carbocycles. The van der Waals surface area contributed by atoms with Gasteiger partial charge < -0.3 is 24.2 Å². The molecule has 19 heteroatoms. The van der Waals surface area contributed by atoms with Crippen molar-refractivity contribution in [3.05, 3.63) is 122 Å². The first-order valence-corrected chi connectivity index (χ1v) is 20.9. The van der Waals surface area contributed by atoms with Gasteiger partial charge in [0.05, 0.1) is 17.1 Å². The fourth-order valence-electron chi connectivity index (χ4n) is 7.08. The van der Waals surface area contributed by atoms with Crippen molar-refractivity contribution in [2.75, 3.05) is 26.2 Å². The molecule has 1 saturated carbocycles. The molecule has 1 unspecified atom stereocenters. The average Bonchev–Trinajstić information content (AvgIpc) is 4.03. The maximum absolute atomic E-state index is 14.4. The Hall–Kier alpha value is -4.68. The van der Waals surface area contributed by atoms with Gasteiger partial charge in [0.2, 0.25) is 10.0 Å². The molecule has 1 aromatic heterocycles. The number of alkyl halides is 2. The second kappa shape index (κ2) is 17.9. The van der Waals surface area contributed by atoms with Gasteiger partial charge in [-0.3, -0.25) is 4.90 Å². The maximum atomic E-state index is 14.4. The third kappa shape index (κ3) is 10.4. The van der Waals surface area contributed by atoms with Crippen molar-refractivity contribution in [2.24, 2.45) is 11.8 Å². The van der Waals surface area contributed by atoms with Crippen molar-refractivity contribution in [1.82, 2.24) is 9.62 Å². The van der Waals surface area contributed by atoms with Crippen LogP contribution in [0.4, 0.5) is 17.6 Å². The molecule has 1 N–H and O–H groups in total. The van der Waals surface area contributed by atoms with E-state index in [9.17, 15) is 40.8 Å². The first-order valence-electron chi connectivity index (χ1n) is 18.6. The van der Waals surface area contributed by atoms with E-state index in [1.54, 1.807) is 0 Å². The molecular weight excluding hydrogens is 845 g/mol. The van der Waals surface area contributed by atoms with Gasteiger partial charge in [-0.1, -0.05) is 41.4 Å². The molecule has 4 aromatic rings. The van der Waals surface area contributed by atoms with Crippen molar-refractivity contribution in [1.29, 1.82) is 0 Å². The largest absolute Gasteiger partial charge is 0.619 e. The molecule has 4 fully saturated rings. The number of nitrogens with one attached hydrogen (secondary N) is 1. The van der Waals surface area contributed by atoms with E-state index < -0.39 is 63.4 Å². The van der Waals surface area contributed by atoms with Gasteiger partial charge in [-0.05, 0) is 104 Å². The highest BCUT2D eigenvalue weighted by Crippen LogP contribution is 2.38. The molecule has 4 aliphatic rings. The fourth-order valence-corrected chi connectivity index (χ4v) is 8.90. The lowest BCUT2D eigenvalue weighted by Crippen LogP contribution is -2.52. The summed E-state index contributed by atoms with van der Waals surface area (Å²) in [7, 11) is -4.70. The molecule has 3 saturated heterocycles. The SMILES string of the molecule is O=C(O[C@@H](Cc1c(Cl)c[n+]([O-])cc1Cl)c1ccc(OC(F)F)c(OCC2CC2)c1)c1cccc(S(=O)(=O)NC(C(=O)O[C@H]2CN3CCC2CC3)c2ccc(F)c(F)c2)c1. The molecule has 1 aliphatic carbocycles. The lowest BCUT2D eigenvalue weighted by Gasteiger charge is -2.44. The zero-order valence-corrected chi connectivity index (χ0v) is 33.3. The Morgan fingerprint density at radius 2 is 1.63 bits per heavy atom. The Bertz CT molecular complexity index is 2310. The van der Waals surface area contributed by atoms with Crippen LogP contribution >= 0.6 is 23.2 Å². The van der Waals surface area contributed by atoms with Crippen LogP contribution < -0.4 is 18.9 Å². The van der Waals surface area contributed by atoms with Crippen LogP contribution in [0.5, 0.6) is 11.5 Å². The number of fused-ring (bicyclic) bond motifs is 3. The van der Waals surface area contributed by atoms with Crippen molar-refractivity contribution >= 4 is 45.2 Å². The van der Waals surface area contributed by atoms with E-state index >= 15 is 0 Å². The van der Waals surface area contributed by atoms with Gasteiger partial charge >= 0.3 is 18.6 Å². The molecule has 0 radical (unpaired) electrons. The Kier molecular flexibility index (Phi) is 12.9. The number of sulfonamides is 1. The molecular formula is C40H37Cl2F4N3O9S. The topological polar surface area (TPSA) is 147 Å². The number of hydrogen-bond donors (Lipinski definition) is 1. The Balaban J connectivity index is 1.16. The number of ether oxygens (including phenoxy) is 4. The number of carbonyl (C=O) groups excluding carboxylic acids is 2. The molecule has 4 heterocycles. The van der Waals surface area contributed by atoms with E-state index in [4.69, 9.17) is 37.4 Å². The minimum atomic E-state index is -4.70. The highest BCUT2D eigenvalue weighted by molar-refractivity contribution is 7.89. The van der Waals surface area contributed by atoms with Crippen LogP contribution in [0.25, 0.3) is 0 Å². The molecule has 8 rings (SSSR count). The first-order chi connectivity index (χ1) is 28.1. The molecule has 2 bridgehead atoms. The van der Waals surface area contributed by atoms with Crippen molar-refractivity contribution in [2.45, 2.75) is 61.9 Å². The predicted octanol–water partition coefficient (Wildman–Crippen LogP) is 7.09. The van der Waals surface area contributed by atoms with Gasteiger partial charge in [-0.25, -0.2) is 26.8 Å². The smallest absolute Gasteiger partial charge is 0.387 e. The molecule has 12 nitrogen and oxygen atoms in total. The third-order valence-electron chi connectivity index (χ3n) is 10.5. The molecule has 0 amide bonds. The second-order valence-electron chi connectivity index (χ2n) is 14.6. The zero-order chi connectivity index (χ0) is 42.0. The standard InChI is InChI=1S/C40H37Cl2F4N3O9S/c41-29-18-49(52)19-30(42)28(29)17-34(24-7-9-33(58-40(45)46)35(16-24)55-21-22-4-5-22)56-38(50)26-2-1-3-27(14-26)59(53,54)47-37(25-6-8-31(43)32(44)15-25)39(51)57-36-20-48-12-10-23(36)11-13-48/h1-3,6-9,14-16,18-19,22-23,34,36-37,40,47H,4-5,10-13,17,20-21H2/t34-,36-,37?/m0/s1. The zero-order valence-electron chi connectivity index (χ0n) is 31.0. The Labute approximate surface area is 346 Å². The monoisotopic (exact) mass is 881 g/mol. The van der Waals surface area contributed by atoms with Crippen LogP contribution in [-0.4, -0.2) is 64.2 Å². The summed E-state index contributed by atoms with van der Waals surface area (Å²) in [5, 5.41) is 11.8. The normalized spacial score (nSPS) is 19.9. The van der Waals surface area contributed by atoms with E-state index in [1.807, 2.05) is 0 Å². The second-order valence-corrected chi connectivity index (χ2v) is 17.1. The van der Waals surface area contributed by atoms with Crippen LogP contribution in [0.1, 0.15) is 64.9 Å². The van der Waals surface area contributed by atoms with Crippen LogP contribution in [0, 0.1) is 28.7 Å². The maximum Gasteiger partial charge on any atom is 0.387 e. The summed E-state index contributed by atoms with van der Waals surface area (Å²) in [6.07, 6.45) is 3.37. The van der Waals surface area contributed by atoms with E-state index in [1.165, 1.54) is 30.3 Å². The van der Waals surface area contributed by atoms with Gasteiger partial charge in [0, 0.05) is 18.5 Å². The highest BCUT2D eigenvalue weighted by atomic mass is 35.5. The van der Waals surface area contributed by atoms with Crippen LogP contribution in [-0.2, 0) is 30.7 Å². The lowest BCUT2D eigenvalue weighted by molar-refractivity contribution is -0.605. The minimum absolute atomic E-state index is 0.0554. The molecule has 59 heavy (non-hydrogen) atoms. The van der Waals surface area contributed by atoms with E-state index in [-0.39, 0.29) is 68.7 Å². The number of pyridine rings is 1. The van der Waals surface area contributed by atoms with E-state index in [0.29, 0.717) is 17.3 Å². The fraction of sp³-hybridized carbons (Fsp3) is 0.375. The summed E-state index contributed by atoms with van der Waals surface area (Å²) in [5.41, 5.74) is -0.0791. The number of nitrogens with zero attached hydrogens (tertiary/aromatic N) is 2. The number of esters is 2. The summed E-state index contributed by atoms with van der Waals surface area (Å²) >= 11 is 12.7. The number of piperidine rings is 3. The lowest BCUT2D eigenvalue weighted by atomic mass is 9.86. The minimum Gasteiger partial charge on any atom is -0.619 e. The predicted molar refractivity (Wildman–Crippen MR) is 203 cm³/mol. The Morgan fingerprint density at radius 3 is 2.27 bits per heavy atom. The highest BCUT2D eigenvalue weighted by Gasteiger charge is 2.39. The third-order valence-corrected chi connectivity index (χ3v) is 12.5. The number of aromatic nitrogens is 1. The number of carbonyl (C=O) groups is 2. The summed E-state index contributed by atoms with van der Waals surface area (Å²) in [6.45, 7) is -0.824. The van der Waals surface area contributed by atoms with Crippen molar-refractivity contribution in [3.63, 3.8) is 0 Å². The number of halogens is 6. The Morgan fingerprint density at radius 1 is 0.915 bits per heavy atom. The van der Waals surface area contributed by atoms with Gasteiger partial charge in [-0.15, -0.1) is 0 Å².